The topological polar surface area (TPSA) is 107 Å². The maximum atomic E-state index is 13.1. The number of hydrogen-bond donors (Lipinski definition) is 1. The molecule has 4 aromatic rings. The Bertz CT molecular complexity index is 1670. The quantitative estimate of drug-likeness (QED) is 0.343. The van der Waals surface area contributed by atoms with Crippen LogP contribution in [0, 0.1) is 20.8 Å². The molecule has 0 radical (unpaired) electrons. The molecule has 0 aliphatic heterocycles. The van der Waals surface area contributed by atoms with Gasteiger partial charge in [-0.15, -0.1) is 0 Å². The second-order valence-corrected chi connectivity index (χ2v) is 11.3. The third kappa shape index (κ3) is 5.98. The van der Waals surface area contributed by atoms with Gasteiger partial charge in [0.25, 0.3) is 15.9 Å². The number of thiazole rings is 1. The van der Waals surface area contributed by atoms with Crippen LogP contribution < -0.4 is 9.52 Å². The van der Waals surface area contributed by atoms with Crippen LogP contribution in [0.5, 0.6) is 0 Å². The number of ether oxygens (including phenoxy) is 1. The lowest BCUT2D eigenvalue weighted by atomic mass is 10.1. The van der Waals surface area contributed by atoms with Gasteiger partial charge in [0, 0.05) is 11.3 Å². The second kappa shape index (κ2) is 10.7. The predicted octanol–water partition coefficient (Wildman–Crippen LogP) is 4.73. The zero-order chi connectivity index (χ0) is 26.7. The molecule has 1 N–H and O–H groups in total. The van der Waals surface area contributed by atoms with Crippen molar-refractivity contribution in [1.29, 1.82) is 0 Å². The molecule has 10 heteroatoms. The Labute approximate surface area is 219 Å². The number of nitrogens with one attached hydrogen (secondary N) is 1. The maximum Gasteiger partial charge on any atom is 0.326 e. The first kappa shape index (κ1) is 26.3. The SMILES string of the molecule is CCOC(=O)Cn1c(=NC(=O)c2cccc(NS(=O)(=O)c3ccc(C)cc3)c2)sc2cc(C)c(C)cc21. The number of benzene rings is 3. The van der Waals surface area contributed by atoms with E-state index in [2.05, 4.69) is 9.71 Å². The summed E-state index contributed by atoms with van der Waals surface area (Å²) in [5, 5.41) is 0. The molecule has 0 saturated heterocycles. The van der Waals surface area contributed by atoms with E-state index in [9.17, 15) is 18.0 Å². The van der Waals surface area contributed by atoms with E-state index in [1.807, 2.05) is 32.9 Å². The number of fused-ring (bicyclic) bond motifs is 1. The number of carbonyl (C=O) groups excluding carboxylic acids is 2. The minimum absolute atomic E-state index is 0.0845. The van der Waals surface area contributed by atoms with E-state index in [1.165, 1.54) is 29.5 Å². The van der Waals surface area contributed by atoms with Crippen LogP contribution in [0.2, 0.25) is 0 Å². The number of esters is 1. The summed E-state index contributed by atoms with van der Waals surface area (Å²) in [6.07, 6.45) is 0. The first-order valence-corrected chi connectivity index (χ1v) is 13.9. The van der Waals surface area contributed by atoms with Crippen LogP contribution in [0.4, 0.5) is 5.69 Å². The lowest BCUT2D eigenvalue weighted by Crippen LogP contribution is -2.23. The molecular weight excluding hydrogens is 510 g/mol. The first-order chi connectivity index (χ1) is 17.6. The summed E-state index contributed by atoms with van der Waals surface area (Å²) in [7, 11) is -3.83. The molecule has 8 nitrogen and oxygen atoms in total. The highest BCUT2D eigenvalue weighted by Crippen LogP contribution is 2.23. The number of anilines is 1. The van der Waals surface area contributed by atoms with Crippen molar-refractivity contribution in [2.24, 2.45) is 4.99 Å². The van der Waals surface area contributed by atoms with Gasteiger partial charge < -0.3 is 9.30 Å². The number of aryl methyl sites for hydroxylation is 3. The number of sulfonamides is 1. The summed E-state index contributed by atoms with van der Waals surface area (Å²) in [5.41, 5.74) is 4.31. The van der Waals surface area contributed by atoms with Gasteiger partial charge in [0.15, 0.2) is 4.80 Å². The van der Waals surface area contributed by atoms with Crippen LogP contribution in [0.15, 0.2) is 70.6 Å². The molecule has 4 rings (SSSR count). The van der Waals surface area contributed by atoms with Crippen molar-refractivity contribution >= 4 is 49.1 Å². The third-order valence-corrected chi connectivity index (χ3v) is 8.22. The predicted molar refractivity (Wildman–Crippen MR) is 144 cm³/mol. The van der Waals surface area contributed by atoms with Crippen LogP contribution in [0.1, 0.15) is 34.0 Å². The van der Waals surface area contributed by atoms with Crippen molar-refractivity contribution in [3.05, 3.63) is 87.7 Å². The second-order valence-electron chi connectivity index (χ2n) is 8.60. The van der Waals surface area contributed by atoms with Crippen molar-refractivity contribution in [2.45, 2.75) is 39.1 Å². The minimum atomic E-state index is -3.83. The van der Waals surface area contributed by atoms with Gasteiger partial charge in [-0.2, -0.15) is 4.99 Å². The Hall–Kier alpha value is -3.76. The lowest BCUT2D eigenvalue weighted by molar-refractivity contribution is -0.143. The number of amides is 1. The molecule has 0 spiro atoms. The normalized spacial score (nSPS) is 12.1. The van der Waals surface area contributed by atoms with E-state index in [0.717, 1.165) is 26.9 Å². The number of hydrogen-bond acceptors (Lipinski definition) is 6. The van der Waals surface area contributed by atoms with Gasteiger partial charge in [-0.25, -0.2) is 8.42 Å². The van der Waals surface area contributed by atoms with Crippen LogP contribution in [0.25, 0.3) is 10.2 Å². The van der Waals surface area contributed by atoms with Crippen molar-refractivity contribution in [1.82, 2.24) is 4.57 Å². The minimum Gasteiger partial charge on any atom is -0.465 e. The zero-order valence-corrected chi connectivity index (χ0v) is 22.6. The number of carbonyl (C=O) groups is 2. The molecule has 0 unspecified atom stereocenters. The zero-order valence-electron chi connectivity index (χ0n) is 20.9. The molecule has 37 heavy (non-hydrogen) atoms. The summed E-state index contributed by atoms with van der Waals surface area (Å²) in [5.74, 6) is -0.990. The van der Waals surface area contributed by atoms with E-state index >= 15 is 0 Å². The standard InChI is InChI=1S/C27H27N3O5S2/c1-5-35-25(31)16-30-23-13-18(3)19(4)14-24(23)36-27(30)28-26(32)20-7-6-8-21(15-20)29-37(33,34)22-11-9-17(2)10-12-22/h6-15,29H,5,16H2,1-4H3. The molecule has 1 heterocycles. The van der Waals surface area contributed by atoms with Gasteiger partial charge >= 0.3 is 5.97 Å². The van der Waals surface area contributed by atoms with Gasteiger partial charge in [-0.05, 0) is 81.3 Å². The maximum absolute atomic E-state index is 13.1. The fraction of sp³-hybridized carbons (Fsp3) is 0.222. The van der Waals surface area contributed by atoms with Gasteiger partial charge in [-0.3, -0.25) is 14.3 Å². The van der Waals surface area contributed by atoms with E-state index in [4.69, 9.17) is 4.74 Å². The van der Waals surface area contributed by atoms with E-state index < -0.39 is 21.9 Å². The first-order valence-electron chi connectivity index (χ1n) is 11.6. The number of nitrogens with zero attached hydrogens (tertiary/aromatic N) is 2. The highest BCUT2D eigenvalue weighted by Gasteiger charge is 2.16. The molecule has 0 bridgehead atoms. The van der Waals surface area contributed by atoms with E-state index in [0.29, 0.717) is 4.80 Å². The molecule has 3 aromatic carbocycles. The molecule has 0 fully saturated rings. The Morgan fingerprint density at radius 2 is 1.70 bits per heavy atom. The van der Waals surface area contributed by atoms with Crippen LogP contribution in [-0.4, -0.2) is 31.5 Å². The summed E-state index contributed by atoms with van der Waals surface area (Å²) in [6.45, 7) is 7.74. The van der Waals surface area contributed by atoms with Crippen molar-refractivity contribution in [3.63, 3.8) is 0 Å². The fourth-order valence-electron chi connectivity index (χ4n) is 3.69. The van der Waals surface area contributed by atoms with Crippen LogP contribution in [-0.2, 0) is 26.1 Å². The van der Waals surface area contributed by atoms with Gasteiger partial charge in [0.05, 0.1) is 21.7 Å². The Kier molecular flexibility index (Phi) is 7.60. The molecule has 1 aromatic heterocycles. The summed E-state index contributed by atoms with van der Waals surface area (Å²) >= 11 is 1.30. The van der Waals surface area contributed by atoms with Gasteiger partial charge in [-0.1, -0.05) is 35.1 Å². The monoisotopic (exact) mass is 537 g/mol. The molecule has 192 valence electrons. The Morgan fingerprint density at radius 3 is 2.41 bits per heavy atom. The molecule has 0 aliphatic rings. The fourth-order valence-corrected chi connectivity index (χ4v) is 5.85. The molecule has 0 saturated carbocycles. The smallest absolute Gasteiger partial charge is 0.326 e. The average Bonchev–Trinajstić information content (AvgIpc) is 3.15. The molecule has 1 amide bonds. The number of aromatic nitrogens is 1. The summed E-state index contributed by atoms with van der Waals surface area (Å²) in [6, 6.07) is 16.6. The summed E-state index contributed by atoms with van der Waals surface area (Å²) < 4.78 is 35.7. The van der Waals surface area contributed by atoms with Crippen molar-refractivity contribution < 1.29 is 22.7 Å². The van der Waals surface area contributed by atoms with Crippen LogP contribution in [0.3, 0.4) is 0 Å². The molecular formula is C27H27N3O5S2. The Balaban J connectivity index is 1.70. The Morgan fingerprint density at radius 1 is 1.00 bits per heavy atom. The largest absolute Gasteiger partial charge is 0.465 e. The van der Waals surface area contributed by atoms with E-state index in [-0.39, 0.29) is 29.3 Å². The third-order valence-electron chi connectivity index (χ3n) is 5.78. The highest BCUT2D eigenvalue weighted by molar-refractivity contribution is 7.92. The highest BCUT2D eigenvalue weighted by atomic mass is 32.2. The van der Waals surface area contributed by atoms with Gasteiger partial charge in [0.2, 0.25) is 0 Å². The van der Waals surface area contributed by atoms with Crippen molar-refractivity contribution in [3.8, 4) is 0 Å². The van der Waals surface area contributed by atoms with Crippen LogP contribution >= 0.6 is 11.3 Å². The lowest BCUT2D eigenvalue weighted by Gasteiger charge is -2.09. The van der Waals surface area contributed by atoms with E-state index in [1.54, 1.807) is 41.8 Å². The van der Waals surface area contributed by atoms with Gasteiger partial charge in [0.1, 0.15) is 6.54 Å². The molecule has 0 aliphatic carbocycles. The summed E-state index contributed by atoms with van der Waals surface area (Å²) in [4.78, 5) is 30.2. The number of rotatable bonds is 7. The molecule has 0 atom stereocenters. The van der Waals surface area contributed by atoms with Crippen molar-refractivity contribution in [2.75, 3.05) is 11.3 Å². The average molecular weight is 538 g/mol.